The van der Waals surface area contributed by atoms with Crippen molar-refractivity contribution in [1.82, 2.24) is 14.6 Å². The SMILES string of the molecule is CC(C)OC(=O)[C@H](C)N[P@@](=O)(Oc1ccccc1)O[C@H](C)[C@H]1O[C@@H](n2cc(F)c(=O)[nH]c2=O)[C@@](Cl)(CF)C1O. The summed E-state index contributed by atoms with van der Waals surface area (Å²) in [5.74, 6) is -2.04. The van der Waals surface area contributed by atoms with E-state index in [1.54, 1.807) is 37.0 Å². The van der Waals surface area contributed by atoms with Crippen LogP contribution in [0, 0.1) is 5.82 Å². The number of aliphatic hydroxyl groups is 1. The molecule has 0 radical (unpaired) electrons. The molecule has 12 nitrogen and oxygen atoms in total. The molecule has 3 N–H and O–H groups in total. The van der Waals surface area contributed by atoms with Gasteiger partial charge in [-0.1, -0.05) is 18.2 Å². The first-order valence-electron chi connectivity index (χ1n) is 11.8. The number of benzene rings is 1. The number of carbonyl (C=O) groups excluding carboxylic acids is 1. The van der Waals surface area contributed by atoms with Crippen molar-refractivity contribution >= 4 is 25.3 Å². The van der Waals surface area contributed by atoms with Gasteiger partial charge in [0.1, 0.15) is 35.5 Å². The van der Waals surface area contributed by atoms with Crippen LogP contribution < -0.4 is 20.9 Å². The Hall–Kier alpha value is -2.61. The Kier molecular flexibility index (Phi) is 9.73. The van der Waals surface area contributed by atoms with E-state index in [0.717, 1.165) is 0 Å². The number of nitrogens with one attached hydrogen (secondary N) is 2. The average molecular weight is 596 g/mol. The topological polar surface area (TPSA) is 158 Å². The molecule has 7 atom stereocenters. The Morgan fingerprint density at radius 3 is 2.51 bits per heavy atom. The van der Waals surface area contributed by atoms with Gasteiger partial charge in [-0.15, -0.1) is 11.6 Å². The van der Waals surface area contributed by atoms with E-state index in [9.17, 15) is 32.8 Å². The van der Waals surface area contributed by atoms with E-state index in [-0.39, 0.29) is 5.75 Å². The van der Waals surface area contributed by atoms with E-state index >= 15 is 0 Å². The average Bonchev–Trinajstić information content (AvgIpc) is 3.12. The van der Waals surface area contributed by atoms with Crippen LogP contribution >= 0.6 is 19.3 Å². The summed E-state index contributed by atoms with van der Waals surface area (Å²) in [5, 5.41) is 13.4. The molecule has 1 unspecified atom stereocenters. The molecule has 3 rings (SSSR count). The number of esters is 1. The molecule has 1 aliphatic rings. The van der Waals surface area contributed by atoms with Gasteiger partial charge in [0.05, 0.1) is 18.4 Å². The fourth-order valence-corrected chi connectivity index (χ4v) is 5.78. The van der Waals surface area contributed by atoms with E-state index < -0.39 is 79.0 Å². The number of H-pyrrole nitrogens is 1. The summed E-state index contributed by atoms with van der Waals surface area (Å²) >= 11 is 6.33. The number of aromatic amines is 1. The van der Waals surface area contributed by atoms with E-state index in [0.29, 0.717) is 10.8 Å². The molecule has 0 saturated carbocycles. The first-order valence-corrected chi connectivity index (χ1v) is 13.7. The molecule has 2 heterocycles. The molecule has 16 heteroatoms. The summed E-state index contributed by atoms with van der Waals surface area (Å²) in [6.07, 6.45) is -6.62. The lowest BCUT2D eigenvalue weighted by Gasteiger charge is -2.30. The van der Waals surface area contributed by atoms with Gasteiger partial charge in [-0.25, -0.2) is 13.8 Å². The normalized spacial score (nSPS) is 26.1. The van der Waals surface area contributed by atoms with Crippen molar-refractivity contribution in [2.24, 2.45) is 0 Å². The van der Waals surface area contributed by atoms with Crippen LogP contribution in [-0.4, -0.2) is 62.6 Å². The standard InChI is InChI=1S/C23H29ClF2N3O9P/c1-12(2)35-20(32)13(3)28-39(34,38-15-8-6-5-7-9-15)37-14(4)17-18(30)23(24,11-25)21(36-17)29-10-16(26)19(31)27-22(29)33/h5-10,12-14,17-18,21,30H,11H2,1-4H3,(H,28,34)(H,27,31,33)/t13-,14+,17+,18?,21+,23+,39-/m0/s1. The van der Waals surface area contributed by atoms with Gasteiger partial charge in [-0.3, -0.25) is 23.7 Å². The molecule has 1 aliphatic heterocycles. The van der Waals surface area contributed by atoms with Gasteiger partial charge in [0, 0.05) is 0 Å². The first kappa shape index (κ1) is 30.9. The second-order valence-corrected chi connectivity index (χ2v) is 11.5. The van der Waals surface area contributed by atoms with Crippen molar-refractivity contribution in [3.8, 4) is 5.75 Å². The minimum Gasteiger partial charge on any atom is -0.462 e. The number of alkyl halides is 2. The number of ether oxygens (including phenoxy) is 2. The van der Waals surface area contributed by atoms with Crippen LogP contribution in [0.5, 0.6) is 5.75 Å². The van der Waals surface area contributed by atoms with Gasteiger partial charge in [0.15, 0.2) is 6.23 Å². The number of para-hydroxylation sites is 1. The highest BCUT2D eigenvalue weighted by Gasteiger charge is 2.59. The summed E-state index contributed by atoms with van der Waals surface area (Å²) in [6.45, 7) is 4.45. The summed E-state index contributed by atoms with van der Waals surface area (Å²) in [6, 6.07) is 6.63. The number of aromatic nitrogens is 2. The Balaban J connectivity index is 1.91. The molecule has 2 aromatic rings. The molecule has 1 fully saturated rings. The van der Waals surface area contributed by atoms with E-state index in [2.05, 4.69) is 5.09 Å². The number of carbonyl (C=O) groups is 1. The number of hydrogen-bond acceptors (Lipinski definition) is 9. The molecule has 0 amide bonds. The molecule has 1 aromatic heterocycles. The molecule has 1 aromatic carbocycles. The van der Waals surface area contributed by atoms with Crippen molar-refractivity contribution < 1.29 is 41.8 Å². The highest BCUT2D eigenvalue weighted by atomic mass is 35.5. The number of nitrogens with zero attached hydrogens (tertiary/aromatic N) is 1. The third-order valence-corrected chi connectivity index (χ3v) is 7.95. The largest absolute Gasteiger partial charge is 0.462 e. The lowest BCUT2D eigenvalue weighted by molar-refractivity contribution is -0.149. The van der Waals surface area contributed by atoms with Crippen LogP contribution in [0.3, 0.4) is 0 Å². The molecule has 0 bridgehead atoms. The molecule has 0 spiro atoms. The number of aliphatic hydroxyl groups excluding tert-OH is 1. The van der Waals surface area contributed by atoms with Gasteiger partial charge in [0.2, 0.25) is 5.82 Å². The van der Waals surface area contributed by atoms with E-state index in [1.165, 1.54) is 26.0 Å². The summed E-state index contributed by atoms with van der Waals surface area (Å²) in [7, 11) is -4.45. The number of rotatable bonds is 11. The predicted octanol–water partition coefficient (Wildman–Crippen LogP) is 2.40. The lowest BCUT2D eigenvalue weighted by atomic mass is 9.97. The van der Waals surface area contributed by atoms with Crippen molar-refractivity contribution in [3.63, 3.8) is 0 Å². The summed E-state index contributed by atoms with van der Waals surface area (Å²) < 4.78 is 64.4. The zero-order valence-electron chi connectivity index (χ0n) is 21.4. The highest BCUT2D eigenvalue weighted by molar-refractivity contribution is 7.52. The zero-order valence-corrected chi connectivity index (χ0v) is 23.0. The predicted molar refractivity (Wildman–Crippen MR) is 135 cm³/mol. The van der Waals surface area contributed by atoms with Crippen LogP contribution in [-0.2, 0) is 23.4 Å². The van der Waals surface area contributed by atoms with Gasteiger partial charge in [0.25, 0.3) is 5.56 Å². The maximum Gasteiger partial charge on any atom is 0.459 e. The third-order valence-electron chi connectivity index (χ3n) is 5.67. The Labute approximate surface area is 226 Å². The molecular formula is C23H29ClF2N3O9P. The van der Waals surface area contributed by atoms with Crippen LogP contribution in [0.25, 0.3) is 0 Å². The van der Waals surface area contributed by atoms with Crippen LogP contribution in [0.15, 0.2) is 46.1 Å². The van der Waals surface area contributed by atoms with Gasteiger partial charge < -0.3 is 19.1 Å². The zero-order chi connectivity index (χ0) is 29.1. The Bertz CT molecular complexity index is 1330. The van der Waals surface area contributed by atoms with Crippen molar-refractivity contribution in [2.45, 2.75) is 69.3 Å². The Morgan fingerprint density at radius 1 is 1.28 bits per heavy atom. The van der Waals surface area contributed by atoms with Gasteiger partial charge >= 0.3 is 19.4 Å². The minimum absolute atomic E-state index is 0.0986. The van der Waals surface area contributed by atoms with Crippen molar-refractivity contribution in [1.29, 1.82) is 0 Å². The van der Waals surface area contributed by atoms with Crippen molar-refractivity contribution in [2.75, 3.05) is 6.67 Å². The van der Waals surface area contributed by atoms with Gasteiger partial charge in [-0.2, -0.15) is 9.48 Å². The minimum atomic E-state index is -4.45. The van der Waals surface area contributed by atoms with Crippen molar-refractivity contribution in [3.05, 3.63) is 63.2 Å². The van der Waals surface area contributed by atoms with Gasteiger partial charge in [-0.05, 0) is 39.8 Å². The summed E-state index contributed by atoms with van der Waals surface area (Å²) in [5.41, 5.74) is -2.50. The quantitative estimate of drug-likeness (QED) is 0.200. The lowest BCUT2D eigenvalue weighted by Crippen LogP contribution is -2.48. The smallest absolute Gasteiger partial charge is 0.459 e. The number of hydrogen-bond donors (Lipinski definition) is 3. The molecular weight excluding hydrogens is 567 g/mol. The molecule has 0 aliphatic carbocycles. The monoisotopic (exact) mass is 595 g/mol. The fraction of sp³-hybridized carbons (Fsp3) is 0.522. The van der Waals surface area contributed by atoms with E-state index in [4.69, 9.17) is 30.1 Å². The maximum atomic E-state index is 14.2. The molecule has 1 saturated heterocycles. The second kappa shape index (κ2) is 12.3. The number of halogens is 3. The van der Waals surface area contributed by atoms with Crippen LogP contribution in [0.1, 0.15) is 33.9 Å². The fourth-order valence-electron chi connectivity index (χ4n) is 3.80. The molecule has 216 valence electrons. The molecule has 39 heavy (non-hydrogen) atoms. The Morgan fingerprint density at radius 2 is 1.92 bits per heavy atom. The van der Waals surface area contributed by atoms with Crippen LogP contribution in [0.4, 0.5) is 8.78 Å². The maximum absolute atomic E-state index is 14.2. The first-order chi connectivity index (χ1) is 18.2. The second-order valence-electron chi connectivity index (χ2n) is 9.15. The van der Waals surface area contributed by atoms with E-state index in [1.807, 2.05) is 0 Å². The summed E-state index contributed by atoms with van der Waals surface area (Å²) in [4.78, 5) is 35.5. The highest BCUT2D eigenvalue weighted by Crippen LogP contribution is 2.50. The van der Waals surface area contributed by atoms with Crippen LogP contribution in [0.2, 0.25) is 0 Å². The third kappa shape index (κ3) is 6.94.